The van der Waals surface area contributed by atoms with Crippen molar-refractivity contribution in [2.24, 2.45) is 0 Å². The largest absolute Gasteiger partial charge is 0.368 e. The fourth-order valence-corrected chi connectivity index (χ4v) is 4.14. The van der Waals surface area contributed by atoms with Crippen molar-refractivity contribution in [3.63, 3.8) is 0 Å². The van der Waals surface area contributed by atoms with Crippen molar-refractivity contribution < 1.29 is 0 Å². The third-order valence-electron chi connectivity index (χ3n) is 5.83. The fourth-order valence-electron chi connectivity index (χ4n) is 4.14. The Balaban J connectivity index is 1.53. The second kappa shape index (κ2) is 8.82. The van der Waals surface area contributed by atoms with Gasteiger partial charge in [-0.05, 0) is 24.3 Å². The molecule has 0 aliphatic carbocycles. The Morgan fingerprint density at radius 3 is 1.88 bits per heavy atom. The van der Waals surface area contributed by atoms with Crippen LogP contribution in [0.3, 0.4) is 0 Å². The SMILES string of the molecule is N#CC(=C1Nc2ccccc2N1)c1nc(C#N)c(C#N)nc1N1CCN(c2ccccc2)CC1. The van der Waals surface area contributed by atoms with Gasteiger partial charge in [0.25, 0.3) is 0 Å². The third kappa shape index (κ3) is 3.70. The molecule has 1 aromatic heterocycles. The van der Waals surface area contributed by atoms with Crippen LogP contribution < -0.4 is 20.4 Å². The molecule has 2 N–H and O–H groups in total. The number of allylic oxidation sites excluding steroid dienone is 1. The van der Waals surface area contributed by atoms with E-state index < -0.39 is 0 Å². The quantitative estimate of drug-likeness (QED) is 0.584. The van der Waals surface area contributed by atoms with Crippen molar-refractivity contribution in [1.29, 1.82) is 15.8 Å². The number of anilines is 4. The molecule has 2 aliphatic heterocycles. The summed E-state index contributed by atoms with van der Waals surface area (Å²) < 4.78 is 0. The fraction of sp³-hybridized carbons (Fsp3) is 0.160. The standard InChI is InChI=1S/C25H19N9/c26-14-18(24-30-19-8-4-5-9-20(19)31-24)23-25(32-22(16-28)21(15-27)29-23)34-12-10-33(11-13-34)17-6-2-1-3-7-17/h1-9,30-31H,10-13H2. The smallest absolute Gasteiger partial charge is 0.179 e. The average Bonchev–Trinajstić information content (AvgIpc) is 3.33. The number of nitriles is 3. The molecule has 0 amide bonds. The summed E-state index contributed by atoms with van der Waals surface area (Å²) >= 11 is 0. The number of hydrogen-bond donors (Lipinski definition) is 2. The van der Waals surface area contributed by atoms with Crippen LogP contribution >= 0.6 is 0 Å². The summed E-state index contributed by atoms with van der Waals surface area (Å²) in [5.41, 5.74) is 3.16. The van der Waals surface area contributed by atoms with Gasteiger partial charge in [0.05, 0.1) is 11.4 Å². The molecule has 0 atom stereocenters. The molecule has 0 bridgehead atoms. The van der Waals surface area contributed by atoms with E-state index >= 15 is 0 Å². The zero-order valence-corrected chi connectivity index (χ0v) is 18.2. The van der Waals surface area contributed by atoms with E-state index in [-0.39, 0.29) is 22.7 Å². The molecule has 3 heterocycles. The van der Waals surface area contributed by atoms with Gasteiger partial charge in [0.2, 0.25) is 0 Å². The van der Waals surface area contributed by atoms with Crippen molar-refractivity contribution >= 4 is 28.5 Å². The van der Waals surface area contributed by atoms with Gasteiger partial charge in [-0.15, -0.1) is 0 Å². The van der Waals surface area contributed by atoms with E-state index in [4.69, 9.17) is 0 Å². The molecule has 1 fully saturated rings. The van der Waals surface area contributed by atoms with Crippen LogP contribution in [0.4, 0.5) is 22.9 Å². The van der Waals surface area contributed by atoms with Crippen LogP contribution in [0.15, 0.2) is 60.4 Å². The van der Waals surface area contributed by atoms with E-state index in [2.05, 4.69) is 43.7 Å². The second-order valence-electron chi connectivity index (χ2n) is 7.78. The van der Waals surface area contributed by atoms with E-state index in [0.717, 1.165) is 30.2 Å². The van der Waals surface area contributed by atoms with Gasteiger partial charge < -0.3 is 20.4 Å². The Morgan fingerprint density at radius 1 is 0.735 bits per heavy atom. The summed E-state index contributed by atoms with van der Waals surface area (Å²) in [6.07, 6.45) is 0. The minimum absolute atomic E-state index is 0.0512. The molecule has 0 saturated carbocycles. The minimum atomic E-state index is -0.104. The first-order chi connectivity index (χ1) is 16.7. The number of benzene rings is 2. The number of nitrogens with one attached hydrogen (secondary N) is 2. The lowest BCUT2D eigenvalue weighted by Crippen LogP contribution is -2.47. The first-order valence-electron chi connectivity index (χ1n) is 10.8. The van der Waals surface area contributed by atoms with E-state index in [1.54, 1.807) is 0 Å². The maximum atomic E-state index is 10.1. The van der Waals surface area contributed by atoms with Gasteiger partial charge in [0.15, 0.2) is 17.2 Å². The predicted octanol–water partition coefficient (Wildman–Crippen LogP) is 3.28. The summed E-state index contributed by atoms with van der Waals surface area (Å²) in [6.45, 7) is 2.74. The number of nitrogens with zero attached hydrogens (tertiary/aromatic N) is 7. The van der Waals surface area contributed by atoms with Crippen LogP contribution in [0, 0.1) is 34.0 Å². The molecule has 5 rings (SSSR count). The predicted molar refractivity (Wildman–Crippen MR) is 129 cm³/mol. The molecule has 9 nitrogen and oxygen atoms in total. The van der Waals surface area contributed by atoms with Gasteiger partial charge in [-0.3, -0.25) is 0 Å². The molecule has 2 aromatic carbocycles. The zero-order valence-electron chi connectivity index (χ0n) is 18.2. The highest BCUT2D eigenvalue weighted by Gasteiger charge is 2.28. The van der Waals surface area contributed by atoms with Gasteiger partial charge in [0.1, 0.15) is 35.3 Å². The lowest BCUT2D eigenvalue weighted by molar-refractivity contribution is 0.645. The van der Waals surface area contributed by atoms with E-state index in [1.807, 2.05) is 59.5 Å². The monoisotopic (exact) mass is 445 g/mol. The summed E-state index contributed by atoms with van der Waals surface area (Å²) in [6, 6.07) is 23.9. The highest BCUT2D eigenvalue weighted by molar-refractivity contribution is 5.92. The highest BCUT2D eigenvalue weighted by Crippen LogP contribution is 2.35. The van der Waals surface area contributed by atoms with Gasteiger partial charge in [-0.2, -0.15) is 15.8 Å². The van der Waals surface area contributed by atoms with E-state index in [0.29, 0.717) is 24.7 Å². The van der Waals surface area contributed by atoms with Crippen molar-refractivity contribution in [3.8, 4) is 18.2 Å². The summed E-state index contributed by atoms with van der Waals surface area (Å²) in [5.74, 6) is 0.891. The third-order valence-corrected chi connectivity index (χ3v) is 5.83. The summed E-state index contributed by atoms with van der Waals surface area (Å²) in [7, 11) is 0. The van der Waals surface area contributed by atoms with Gasteiger partial charge >= 0.3 is 0 Å². The van der Waals surface area contributed by atoms with Crippen molar-refractivity contribution in [1.82, 2.24) is 9.97 Å². The minimum Gasteiger partial charge on any atom is -0.368 e. The average molecular weight is 445 g/mol. The van der Waals surface area contributed by atoms with Crippen LogP contribution in [-0.4, -0.2) is 36.1 Å². The van der Waals surface area contributed by atoms with E-state index in [1.165, 1.54) is 0 Å². The van der Waals surface area contributed by atoms with Gasteiger partial charge in [-0.25, -0.2) is 9.97 Å². The van der Waals surface area contributed by atoms with Gasteiger partial charge in [0, 0.05) is 31.9 Å². The molecule has 9 heteroatoms. The van der Waals surface area contributed by atoms with Crippen LogP contribution in [-0.2, 0) is 0 Å². The van der Waals surface area contributed by atoms with Crippen LogP contribution in [0.2, 0.25) is 0 Å². The summed E-state index contributed by atoms with van der Waals surface area (Å²) in [4.78, 5) is 13.2. The Morgan fingerprint density at radius 2 is 1.29 bits per heavy atom. The number of hydrogen-bond acceptors (Lipinski definition) is 9. The molecular weight excluding hydrogens is 426 g/mol. The van der Waals surface area contributed by atoms with Crippen LogP contribution in [0.25, 0.3) is 5.57 Å². The normalized spacial score (nSPS) is 14.2. The molecule has 1 saturated heterocycles. The first-order valence-corrected chi connectivity index (χ1v) is 10.8. The Labute approximate surface area is 196 Å². The number of piperazine rings is 1. The summed E-state index contributed by atoms with van der Waals surface area (Å²) in [5, 5.41) is 35.6. The Kier molecular flexibility index (Phi) is 5.40. The molecule has 0 unspecified atom stereocenters. The molecular formula is C25H19N9. The van der Waals surface area contributed by atoms with Crippen molar-refractivity contribution in [2.75, 3.05) is 46.6 Å². The van der Waals surface area contributed by atoms with E-state index in [9.17, 15) is 15.8 Å². The lowest BCUT2D eigenvalue weighted by Gasteiger charge is -2.37. The molecule has 2 aliphatic rings. The Hall–Kier alpha value is -5.07. The lowest BCUT2D eigenvalue weighted by atomic mass is 10.1. The van der Waals surface area contributed by atoms with Crippen molar-refractivity contribution in [2.45, 2.75) is 0 Å². The second-order valence-corrected chi connectivity index (χ2v) is 7.78. The van der Waals surface area contributed by atoms with Crippen LogP contribution in [0.5, 0.6) is 0 Å². The van der Waals surface area contributed by atoms with Gasteiger partial charge in [-0.1, -0.05) is 30.3 Å². The number of para-hydroxylation sites is 3. The maximum Gasteiger partial charge on any atom is 0.179 e. The molecule has 0 radical (unpaired) electrons. The number of aromatic nitrogens is 2. The molecule has 34 heavy (non-hydrogen) atoms. The number of rotatable bonds is 3. The zero-order chi connectivity index (χ0) is 23.5. The first kappa shape index (κ1) is 20.8. The molecule has 3 aromatic rings. The molecule has 164 valence electrons. The van der Waals surface area contributed by atoms with Crippen molar-refractivity contribution in [3.05, 3.63) is 77.5 Å². The maximum absolute atomic E-state index is 10.1. The Bertz CT molecular complexity index is 1370. The topological polar surface area (TPSA) is 128 Å². The molecule has 0 spiro atoms. The highest BCUT2D eigenvalue weighted by atomic mass is 15.3. The number of fused-ring (bicyclic) bond motifs is 1. The van der Waals surface area contributed by atoms with Crippen LogP contribution in [0.1, 0.15) is 17.1 Å².